The van der Waals surface area contributed by atoms with Crippen molar-refractivity contribution in [2.75, 3.05) is 13.7 Å². The molecule has 1 heterocycles. The monoisotopic (exact) mass is 333 g/mol. The van der Waals surface area contributed by atoms with Crippen molar-refractivity contribution in [1.82, 2.24) is 15.6 Å². The quantitative estimate of drug-likeness (QED) is 0.523. The first-order valence-electron chi connectivity index (χ1n) is 7.78. The van der Waals surface area contributed by atoms with Crippen LogP contribution in [0.5, 0.6) is 0 Å². The van der Waals surface area contributed by atoms with E-state index in [1.54, 1.807) is 24.4 Å². The van der Waals surface area contributed by atoms with E-state index in [-0.39, 0.29) is 18.9 Å². The fourth-order valence-electron chi connectivity index (χ4n) is 1.91. The topological polar surface area (TPSA) is 97.4 Å². The smallest absolute Gasteiger partial charge is 0.328 e. The van der Waals surface area contributed by atoms with Gasteiger partial charge in [0.05, 0.1) is 12.7 Å². The number of hydrogen-bond donors (Lipinski definition) is 2. The summed E-state index contributed by atoms with van der Waals surface area (Å²) in [5, 5.41) is 5.29. The first-order valence-corrected chi connectivity index (χ1v) is 7.78. The lowest BCUT2D eigenvalue weighted by Gasteiger charge is -2.16. The number of amides is 2. The van der Waals surface area contributed by atoms with Crippen LogP contribution in [0.3, 0.4) is 0 Å². The minimum absolute atomic E-state index is 0.137. The lowest BCUT2D eigenvalue weighted by molar-refractivity contribution is -0.143. The van der Waals surface area contributed by atoms with E-state index >= 15 is 0 Å². The Kier molecular flexibility index (Phi) is 8.81. The van der Waals surface area contributed by atoms with Gasteiger partial charge in [-0.05, 0) is 25.0 Å². The van der Waals surface area contributed by atoms with E-state index in [4.69, 9.17) is 4.74 Å². The van der Waals surface area contributed by atoms with Crippen LogP contribution in [0.2, 0.25) is 0 Å². The van der Waals surface area contributed by atoms with E-state index in [1.165, 1.54) is 13.3 Å². The number of rotatable bonds is 9. The highest BCUT2D eigenvalue weighted by Gasteiger charge is 2.22. The van der Waals surface area contributed by atoms with Crippen molar-refractivity contribution in [3.63, 3.8) is 0 Å². The van der Waals surface area contributed by atoms with Crippen LogP contribution in [0.15, 0.2) is 36.7 Å². The third kappa shape index (κ3) is 7.04. The predicted octanol–water partition coefficient (Wildman–Crippen LogP) is 1.22. The molecule has 7 nitrogen and oxygen atoms in total. The molecule has 2 amide bonds. The van der Waals surface area contributed by atoms with Crippen molar-refractivity contribution < 1.29 is 19.1 Å². The van der Waals surface area contributed by atoms with E-state index in [1.807, 2.05) is 13.0 Å². The Balaban J connectivity index is 2.51. The molecule has 0 fully saturated rings. The molecule has 0 aliphatic rings. The third-order valence-electron chi connectivity index (χ3n) is 3.18. The summed E-state index contributed by atoms with van der Waals surface area (Å²) in [4.78, 5) is 39.3. The molecule has 0 aromatic carbocycles. The van der Waals surface area contributed by atoms with Crippen LogP contribution < -0.4 is 10.6 Å². The Morgan fingerprint density at radius 1 is 1.33 bits per heavy atom. The molecule has 0 aliphatic heterocycles. The largest absolute Gasteiger partial charge is 0.467 e. The van der Waals surface area contributed by atoms with Gasteiger partial charge in [-0.1, -0.05) is 19.1 Å². The molecule has 1 unspecified atom stereocenters. The average molecular weight is 333 g/mol. The van der Waals surface area contributed by atoms with Gasteiger partial charge < -0.3 is 15.4 Å². The van der Waals surface area contributed by atoms with Crippen LogP contribution in [0.25, 0.3) is 0 Å². The molecule has 24 heavy (non-hydrogen) atoms. The Labute approximate surface area is 141 Å². The summed E-state index contributed by atoms with van der Waals surface area (Å²) < 4.78 is 4.69. The van der Waals surface area contributed by atoms with E-state index < -0.39 is 17.9 Å². The summed E-state index contributed by atoms with van der Waals surface area (Å²) in [5.74, 6) is -1.12. The second kappa shape index (κ2) is 10.9. The second-order valence-corrected chi connectivity index (χ2v) is 5.01. The SMILES string of the molecule is CC/C=C\CC(=O)NCCC(NC(=O)c1cccnc1)C(=O)OC. The Morgan fingerprint density at radius 3 is 2.75 bits per heavy atom. The van der Waals surface area contributed by atoms with Crippen LogP contribution in [0.1, 0.15) is 36.5 Å². The maximum Gasteiger partial charge on any atom is 0.328 e. The summed E-state index contributed by atoms with van der Waals surface area (Å²) >= 11 is 0. The maximum atomic E-state index is 12.1. The number of allylic oxidation sites excluding steroid dienone is 1. The molecule has 130 valence electrons. The second-order valence-electron chi connectivity index (χ2n) is 5.01. The lowest BCUT2D eigenvalue weighted by Crippen LogP contribution is -2.43. The van der Waals surface area contributed by atoms with Gasteiger partial charge in [-0.2, -0.15) is 0 Å². The number of carbonyl (C=O) groups excluding carboxylic acids is 3. The summed E-state index contributed by atoms with van der Waals surface area (Å²) in [6, 6.07) is 2.39. The predicted molar refractivity (Wildman–Crippen MR) is 89.2 cm³/mol. The minimum Gasteiger partial charge on any atom is -0.467 e. The molecule has 1 aromatic rings. The highest BCUT2D eigenvalue weighted by Crippen LogP contribution is 2.00. The van der Waals surface area contributed by atoms with Gasteiger partial charge in [0.2, 0.25) is 5.91 Å². The molecule has 0 saturated heterocycles. The molecule has 0 saturated carbocycles. The fraction of sp³-hybridized carbons (Fsp3) is 0.412. The van der Waals surface area contributed by atoms with Gasteiger partial charge in [0, 0.05) is 25.4 Å². The number of aromatic nitrogens is 1. The van der Waals surface area contributed by atoms with E-state index in [0.29, 0.717) is 12.0 Å². The number of pyridine rings is 1. The minimum atomic E-state index is -0.839. The summed E-state index contributed by atoms with van der Waals surface area (Å²) in [6.45, 7) is 2.24. The van der Waals surface area contributed by atoms with Crippen molar-refractivity contribution >= 4 is 17.8 Å². The van der Waals surface area contributed by atoms with Gasteiger partial charge in [0.1, 0.15) is 6.04 Å². The molecule has 1 rings (SSSR count). The summed E-state index contributed by atoms with van der Waals surface area (Å²) in [5.41, 5.74) is 0.347. The van der Waals surface area contributed by atoms with E-state index in [0.717, 1.165) is 6.42 Å². The van der Waals surface area contributed by atoms with Crippen molar-refractivity contribution in [3.05, 3.63) is 42.2 Å². The lowest BCUT2D eigenvalue weighted by atomic mass is 10.1. The molecule has 0 spiro atoms. The number of hydrogen-bond acceptors (Lipinski definition) is 5. The molecule has 1 aromatic heterocycles. The van der Waals surface area contributed by atoms with E-state index in [2.05, 4.69) is 15.6 Å². The Morgan fingerprint density at radius 2 is 2.12 bits per heavy atom. The molecular formula is C17H23N3O4. The first-order chi connectivity index (χ1) is 11.6. The number of esters is 1. The first kappa shape index (κ1) is 19.3. The molecule has 0 bridgehead atoms. The highest BCUT2D eigenvalue weighted by molar-refractivity contribution is 5.96. The Hall–Kier alpha value is -2.70. The standard InChI is InChI=1S/C17H23N3O4/c1-3-4-5-8-15(21)19-11-9-14(17(23)24-2)20-16(22)13-7-6-10-18-12-13/h4-7,10,12,14H,3,8-9,11H2,1-2H3,(H,19,21)(H,20,22)/b5-4-. The van der Waals surface area contributed by atoms with Crippen molar-refractivity contribution in [2.24, 2.45) is 0 Å². The number of nitrogens with zero attached hydrogens (tertiary/aromatic N) is 1. The number of ether oxygens (including phenoxy) is 1. The van der Waals surface area contributed by atoms with Crippen LogP contribution in [-0.4, -0.2) is 42.5 Å². The molecule has 0 radical (unpaired) electrons. The van der Waals surface area contributed by atoms with Crippen LogP contribution in [0, 0.1) is 0 Å². The van der Waals surface area contributed by atoms with Gasteiger partial charge in [-0.15, -0.1) is 0 Å². The molecular weight excluding hydrogens is 310 g/mol. The van der Waals surface area contributed by atoms with Crippen LogP contribution in [0.4, 0.5) is 0 Å². The summed E-state index contributed by atoms with van der Waals surface area (Å²) in [6.07, 6.45) is 8.06. The zero-order valence-electron chi connectivity index (χ0n) is 14.0. The van der Waals surface area contributed by atoms with Gasteiger partial charge in [0.25, 0.3) is 5.91 Å². The van der Waals surface area contributed by atoms with Gasteiger partial charge in [-0.3, -0.25) is 14.6 Å². The normalized spacial score (nSPS) is 11.8. The molecule has 7 heteroatoms. The van der Waals surface area contributed by atoms with Crippen molar-refractivity contribution in [1.29, 1.82) is 0 Å². The average Bonchev–Trinajstić information content (AvgIpc) is 2.61. The zero-order chi connectivity index (χ0) is 17.8. The fourth-order valence-corrected chi connectivity index (χ4v) is 1.91. The molecule has 0 aliphatic carbocycles. The zero-order valence-corrected chi connectivity index (χ0v) is 14.0. The van der Waals surface area contributed by atoms with Gasteiger partial charge in [-0.25, -0.2) is 4.79 Å². The highest BCUT2D eigenvalue weighted by atomic mass is 16.5. The van der Waals surface area contributed by atoms with Crippen molar-refractivity contribution in [2.45, 2.75) is 32.2 Å². The molecule has 2 N–H and O–H groups in total. The van der Waals surface area contributed by atoms with Crippen molar-refractivity contribution in [3.8, 4) is 0 Å². The number of carbonyl (C=O) groups is 3. The number of methoxy groups -OCH3 is 1. The van der Waals surface area contributed by atoms with Crippen LogP contribution in [-0.2, 0) is 14.3 Å². The third-order valence-corrected chi connectivity index (χ3v) is 3.18. The Bertz CT molecular complexity index is 572. The summed E-state index contributed by atoms with van der Waals surface area (Å²) in [7, 11) is 1.25. The maximum absolute atomic E-state index is 12.1. The van der Waals surface area contributed by atoms with Gasteiger partial charge in [0.15, 0.2) is 0 Å². The number of nitrogens with one attached hydrogen (secondary N) is 2. The molecule has 1 atom stereocenters. The van der Waals surface area contributed by atoms with Gasteiger partial charge >= 0.3 is 5.97 Å². The van der Waals surface area contributed by atoms with E-state index in [9.17, 15) is 14.4 Å². The van der Waals surface area contributed by atoms with Crippen LogP contribution >= 0.6 is 0 Å².